The smallest absolute Gasteiger partial charge is 0.255 e. The van der Waals surface area contributed by atoms with Crippen LogP contribution in [0, 0.1) is 0 Å². The molecule has 2 aliphatic heterocycles. The molecule has 0 saturated carbocycles. The molecule has 1 unspecified atom stereocenters. The molecule has 6 nitrogen and oxygen atoms in total. The number of fused-ring (bicyclic) bond motifs is 6. The molecule has 7 heteroatoms. The number of halogens is 1. The Morgan fingerprint density at radius 3 is 2.31 bits per heavy atom. The highest BCUT2D eigenvalue weighted by molar-refractivity contribution is 9.10. The normalized spacial score (nSPS) is 18.4. The highest BCUT2D eigenvalue weighted by atomic mass is 79.9. The molecule has 0 bridgehead atoms. The molecule has 0 spiro atoms. The molecule has 2 saturated heterocycles. The first-order valence-corrected chi connectivity index (χ1v) is 19.2. The third-order valence-corrected chi connectivity index (χ3v) is 12.1. The van der Waals surface area contributed by atoms with Crippen molar-refractivity contribution in [2.75, 3.05) is 74.6 Å². The van der Waals surface area contributed by atoms with Gasteiger partial charge in [0.25, 0.3) is 5.91 Å². The average Bonchev–Trinajstić information content (AvgIpc) is 3.18. The van der Waals surface area contributed by atoms with Gasteiger partial charge >= 0.3 is 0 Å². The summed E-state index contributed by atoms with van der Waals surface area (Å²) in [6.07, 6.45) is 2.95. The molecule has 0 radical (unpaired) electrons. The molecule has 3 aliphatic rings. The minimum absolute atomic E-state index is 0.0741. The first kappa shape index (κ1) is 32.5. The minimum Gasteiger partial charge on any atom is -0.378 e. The number of rotatable bonds is 5. The number of aryl methyl sites for hydroxylation is 1. The largest absolute Gasteiger partial charge is 0.378 e. The van der Waals surface area contributed by atoms with E-state index in [0.29, 0.717) is 11.5 Å². The first-order valence-electron chi connectivity index (χ1n) is 18.4. The van der Waals surface area contributed by atoms with E-state index in [1.807, 2.05) is 12.1 Å². The molecule has 1 atom stereocenters. The second kappa shape index (κ2) is 13.6. The van der Waals surface area contributed by atoms with Gasteiger partial charge in [-0.05, 0) is 118 Å². The van der Waals surface area contributed by atoms with Gasteiger partial charge in [-0.2, -0.15) is 0 Å². The van der Waals surface area contributed by atoms with Gasteiger partial charge in [0, 0.05) is 66.1 Å². The summed E-state index contributed by atoms with van der Waals surface area (Å²) in [7, 11) is 2.20. The second-order valence-electron chi connectivity index (χ2n) is 14.5. The highest BCUT2D eigenvalue weighted by Gasteiger charge is 2.27. The fraction of sp³-hybridized carbons (Fsp3) is 0.295. The molecular weight excluding hydrogens is 696 g/mol. The Kier molecular flexibility index (Phi) is 8.66. The van der Waals surface area contributed by atoms with Crippen LogP contribution >= 0.6 is 15.9 Å². The van der Waals surface area contributed by atoms with E-state index in [1.165, 1.54) is 48.4 Å². The number of hydrogen-bond acceptors (Lipinski definition) is 5. The summed E-state index contributed by atoms with van der Waals surface area (Å²) in [6.45, 7) is 7.55. The molecule has 0 aromatic heterocycles. The number of carbonyl (C=O) groups is 1. The summed E-state index contributed by atoms with van der Waals surface area (Å²) in [5.74, 6) is 0.221. The molecule has 1 amide bonds. The van der Waals surface area contributed by atoms with E-state index in [0.717, 1.165) is 93.9 Å². The molecule has 1 aliphatic carbocycles. The zero-order chi connectivity index (χ0) is 34.5. The standard InChI is InChI=1S/C44H43BrN4O2/c1-47-18-20-48(21-19-47)35-13-17-36-33(27-35)28-41(45)42-37-14-9-32(26-31(37)10-16-40(36)42)39-15-8-29-4-2-3-5-38(29)43(39)46-44(50)30-6-11-34(12-7-30)49-22-24-51-25-23-49/h2-8,10-13,15-17,27-28,32H,9,14,18-26H2,1H3,(H,46,50). The van der Waals surface area contributed by atoms with Gasteiger partial charge in [0.05, 0.1) is 18.9 Å². The second-order valence-corrected chi connectivity index (χ2v) is 15.3. The number of ether oxygens (including phenoxy) is 1. The fourth-order valence-corrected chi connectivity index (χ4v) is 9.30. The maximum atomic E-state index is 13.8. The fourth-order valence-electron chi connectivity index (χ4n) is 8.60. The number of amides is 1. The first-order chi connectivity index (χ1) is 25.0. The van der Waals surface area contributed by atoms with Crippen molar-refractivity contribution in [1.29, 1.82) is 0 Å². The third kappa shape index (κ3) is 6.15. The summed E-state index contributed by atoms with van der Waals surface area (Å²) in [5.41, 5.74) is 8.11. The quantitative estimate of drug-likeness (QED) is 0.179. The topological polar surface area (TPSA) is 48.0 Å². The molecule has 6 aromatic rings. The molecule has 2 fully saturated rings. The van der Waals surface area contributed by atoms with E-state index < -0.39 is 0 Å². The summed E-state index contributed by atoms with van der Waals surface area (Å²) in [5, 5.41) is 10.9. The van der Waals surface area contributed by atoms with Crippen molar-refractivity contribution in [2.45, 2.75) is 25.2 Å². The zero-order valence-corrected chi connectivity index (χ0v) is 30.7. The molecule has 51 heavy (non-hydrogen) atoms. The Morgan fingerprint density at radius 2 is 1.49 bits per heavy atom. The Hall–Kier alpha value is -4.43. The van der Waals surface area contributed by atoms with E-state index in [1.54, 1.807) is 0 Å². The third-order valence-electron chi connectivity index (χ3n) is 11.5. The van der Waals surface area contributed by atoms with Gasteiger partial charge in [-0.1, -0.05) is 70.5 Å². The minimum atomic E-state index is -0.0741. The number of nitrogens with zero attached hydrogens (tertiary/aromatic N) is 3. The number of morpholine rings is 1. The van der Waals surface area contributed by atoms with Crippen molar-refractivity contribution >= 4 is 71.2 Å². The number of carbonyl (C=O) groups excluding carboxylic acids is 1. The molecule has 9 rings (SSSR count). The van der Waals surface area contributed by atoms with Crippen LogP contribution in [0.1, 0.15) is 39.4 Å². The van der Waals surface area contributed by atoms with Gasteiger partial charge < -0.3 is 24.8 Å². The maximum absolute atomic E-state index is 13.8. The van der Waals surface area contributed by atoms with Crippen LogP contribution in [0.3, 0.4) is 0 Å². The van der Waals surface area contributed by atoms with Gasteiger partial charge in [0.2, 0.25) is 0 Å². The van der Waals surface area contributed by atoms with Crippen molar-refractivity contribution in [3.05, 3.63) is 124 Å². The highest BCUT2D eigenvalue weighted by Crippen LogP contribution is 2.44. The van der Waals surface area contributed by atoms with E-state index in [9.17, 15) is 4.79 Å². The van der Waals surface area contributed by atoms with Crippen LogP contribution in [0.15, 0.2) is 102 Å². The van der Waals surface area contributed by atoms with Crippen molar-refractivity contribution in [1.82, 2.24) is 4.90 Å². The van der Waals surface area contributed by atoms with Crippen molar-refractivity contribution < 1.29 is 9.53 Å². The summed E-state index contributed by atoms with van der Waals surface area (Å²) in [4.78, 5) is 21.1. The predicted molar refractivity (Wildman–Crippen MR) is 215 cm³/mol. The van der Waals surface area contributed by atoms with Crippen molar-refractivity contribution in [2.24, 2.45) is 0 Å². The molecule has 6 aromatic carbocycles. The van der Waals surface area contributed by atoms with Crippen LogP contribution in [0.5, 0.6) is 0 Å². The zero-order valence-electron chi connectivity index (χ0n) is 29.1. The summed E-state index contributed by atoms with van der Waals surface area (Å²) >= 11 is 4.02. The Bertz CT molecular complexity index is 2270. The number of benzene rings is 6. The van der Waals surface area contributed by atoms with Crippen LogP contribution in [-0.4, -0.2) is 70.3 Å². The van der Waals surface area contributed by atoms with E-state index >= 15 is 0 Å². The summed E-state index contributed by atoms with van der Waals surface area (Å²) in [6, 6.07) is 34.9. The lowest BCUT2D eigenvalue weighted by Gasteiger charge is -2.34. The van der Waals surface area contributed by atoms with Crippen LogP contribution in [0.25, 0.3) is 32.3 Å². The van der Waals surface area contributed by atoms with Crippen LogP contribution < -0.4 is 15.1 Å². The molecule has 2 heterocycles. The van der Waals surface area contributed by atoms with Crippen LogP contribution in [-0.2, 0) is 17.6 Å². The van der Waals surface area contributed by atoms with E-state index in [4.69, 9.17) is 4.74 Å². The predicted octanol–water partition coefficient (Wildman–Crippen LogP) is 9.02. The lowest BCUT2D eigenvalue weighted by atomic mass is 9.77. The lowest BCUT2D eigenvalue weighted by Crippen LogP contribution is -2.44. The Labute approximate surface area is 308 Å². The van der Waals surface area contributed by atoms with Gasteiger partial charge in [-0.25, -0.2) is 0 Å². The number of nitrogens with one attached hydrogen (secondary N) is 1. The Morgan fingerprint density at radius 1 is 0.745 bits per heavy atom. The monoisotopic (exact) mass is 738 g/mol. The van der Waals surface area contributed by atoms with Crippen LogP contribution in [0.2, 0.25) is 0 Å². The molecule has 258 valence electrons. The van der Waals surface area contributed by atoms with Crippen molar-refractivity contribution in [3.63, 3.8) is 0 Å². The molecule has 1 N–H and O–H groups in total. The number of likely N-dealkylation sites (N-methyl/N-ethyl adjacent to an activating group) is 1. The van der Waals surface area contributed by atoms with Gasteiger partial charge in [-0.15, -0.1) is 0 Å². The summed E-state index contributed by atoms with van der Waals surface area (Å²) < 4.78 is 6.69. The van der Waals surface area contributed by atoms with Gasteiger partial charge in [-0.3, -0.25) is 4.79 Å². The molecular formula is C44H43BrN4O2. The lowest BCUT2D eigenvalue weighted by molar-refractivity contribution is 0.102. The van der Waals surface area contributed by atoms with E-state index in [2.05, 4.69) is 128 Å². The van der Waals surface area contributed by atoms with Crippen LogP contribution in [0.4, 0.5) is 17.1 Å². The number of piperazine rings is 1. The number of hydrogen-bond donors (Lipinski definition) is 1. The van der Waals surface area contributed by atoms with Gasteiger partial charge in [0.1, 0.15) is 0 Å². The maximum Gasteiger partial charge on any atom is 0.255 e. The Balaban J connectivity index is 1.02. The number of anilines is 3. The van der Waals surface area contributed by atoms with E-state index in [-0.39, 0.29) is 5.91 Å². The average molecular weight is 740 g/mol. The SMILES string of the molecule is CN1CCN(c2ccc3c(c2)cc(Br)c2c4c(ccc23)CC(c2ccc3ccccc3c2NC(=O)c2ccc(N3CCOCC3)cc2)CC4)CC1. The van der Waals surface area contributed by atoms with Crippen molar-refractivity contribution in [3.8, 4) is 0 Å². The van der Waals surface area contributed by atoms with Gasteiger partial charge in [0.15, 0.2) is 0 Å².